The van der Waals surface area contributed by atoms with Crippen LogP contribution in [0.2, 0.25) is 0 Å². The van der Waals surface area contributed by atoms with Crippen LogP contribution < -0.4 is 5.32 Å². The standard InChI is InChI=1S/C20H16N2O5/c1-26-19(24)12-8-9-15(20(25)27-2)17(11-12)22-18(23)14-5-3-7-16-13(14)6-4-10-21-16/h3-11H,1-2H3,(H,22,23). The minimum atomic E-state index is -0.638. The number of fused-ring (bicyclic) bond motifs is 1. The minimum absolute atomic E-state index is 0.122. The maximum absolute atomic E-state index is 12.8. The minimum Gasteiger partial charge on any atom is -0.465 e. The molecular weight excluding hydrogens is 348 g/mol. The second kappa shape index (κ2) is 7.65. The molecule has 27 heavy (non-hydrogen) atoms. The number of hydrogen-bond acceptors (Lipinski definition) is 6. The number of rotatable bonds is 4. The van der Waals surface area contributed by atoms with Crippen LogP contribution in [-0.4, -0.2) is 37.0 Å². The van der Waals surface area contributed by atoms with E-state index in [1.165, 1.54) is 32.4 Å². The average molecular weight is 364 g/mol. The Morgan fingerprint density at radius 3 is 2.41 bits per heavy atom. The maximum atomic E-state index is 12.8. The number of anilines is 1. The van der Waals surface area contributed by atoms with E-state index in [0.717, 1.165) is 0 Å². The second-order valence-electron chi connectivity index (χ2n) is 5.57. The van der Waals surface area contributed by atoms with E-state index in [2.05, 4.69) is 15.0 Å². The van der Waals surface area contributed by atoms with Gasteiger partial charge in [0.1, 0.15) is 0 Å². The van der Waals surface area contributed by atoms with Gasteiger partial charge in [0.15, 0.2) is 0 Å². The Kier molecular flexibility index (Phi) is 5.12. The molecule has 0 fully saturated rings. The SMILES string of the molecule is COC(=O)c1ccc(C(=O)OC)c(NC(=O)c2cccc3ncccc23)c1. The Labute approximate surface area is 154 Å². The molecule has 1 N–H and O–H groups in total. The topological polar surface area (TPSA) is 94.6 Å². The summed E-state index contributed by atoms with van der Waals surface area (Å²) in [6.45, 7) is 0. The Morgan fingerprint density at radius 2 is 1.67 bits per heavy atom. The van der Waals surface area contributed by atoms with Crippen LogP contribution >= 0.6 is 0 Å². The first-order chi connectivity index (χ1) is 13.0. The molecular formula is C20H16N2O5. The summed E-state index contributed by atoms with van der Waals surface area (Å²) in [5, 5.41) is 3.35. The van der Waals surface area contributed by atoms with Crippen molar-refractivity contribution in [3.8, 4) is 0 Å². The van der Waals surface area contributed by atoms with Gasteiger partial charge in [-0.2, -0.15) is 0 Å². The van der Waals surface area contributed by atoms with Crippen LogP contribution in [0.25, 0.3) is 10.9 Å². The fourth-order valence-corrected chi connectivity index (χ4v) is 2.67. The normalized spacial score (nSPS) is 10.3. The zero-order valence-electron chi connectivity index (χ0n) is 14.7. The molecule has 1 aromatic heterocycles. The van der Waals surface area contributed by atoms with Crippen molar-refractivity contribution in [3.63, 3.8) is 0 Å². The number of carbonyl (C=O) groups excluding carboxylic acids is 3. The van der Waals surface area contributed by atoms with Crippen molar-refractivity contribution in [2.24, 2.45) is 0 Å². The fraction of sp³-hybridized carbons (Fsp3) is 0.100. The quantitative estimate of drug-likeness (QED) is 0.715. The number of methoxy groups -OCH3 is 2. The lowest BCUT2D eigenvalue weighted by Crippen LogP contribution is -2.17. The Balaban J connectivity index is 2.03. The summed E-state index contributed by atoms with van der Waals surface area (Å²) in [6, 6.07) is 12.9. The molecule has 1 amide bonds. The highest BCUT2D eigenvalue weighted by atomic mass is 16.5. The van der Waals surface area contributed by atoms with Gasteiger partial charge in [-0.15, -0.1) is 0 Å². The third-order valence-corrected chi connectivity index (χ3v) is 3.98. The molecule has 3 aromatic rings. The molecule has 0 spiro atoms. The number of benzene rings is 2. The maximum Gasteiger partial charge on any atom is 0.339 e. The number of hydrogen-bond donors (Lipinski definition) is 1. The fourth-order valence-electron chi connectivity index (χ4n) is 2.67. The molecule has 7 heteroatoms. The highest BCUT2D eigenvalue weighted by Crippen LogP contribution is 2.23. The van der Waals surface area contributed by atoms with E-state index < -0.39 is 17.8 Å². The van der Waals surface area contributed by atoms with Crippen LogP contribution in [-0.2, 0) is 9.47 Å². The number of pyridine rings is 1. The van der Waals surface area contributed by atoms with Gasteiger partial charge in [-0.25, -0.2) is 9.59 Å². The molecule has 0 aliphatic rings. The molecule has 0 aliphatic carbocycles. The van der Waals surface area contributed by atoms with E-state index in [9.17, 15) is 14.4 Å². The Hall–Kier alpha value is -3.74. The summed E-state index contributed by atoms with van der Waals surface area (Å²) in [6.07, 6.45) is 1.64. The van der Waals surface area contributed by atoms with Gasteiger partial charge in [-0.3, -0.25) is 9.78 Å². The predicted molar refractivity (Wildman–Crippen MR) is 98.8 cm³/mol. The highest BCUT2D eigenvalue weighted by Gasteiger charge is 2.19. The molecule has 1 heterocycles. The second-order valence-corrected chi connectivity index (χ2v) is 5.57. The zero-order valence-corrected chi connectivity index (χ0v) is 14.7. The lowest BCUT2D eigenvalue weighted by atomic mass is 10.1. The van der Waals surface area contributed by atoms with Gasteiger partial charge in [0.2, 0.25) is 0 Å². The molecule has 136 valence electrons. The largest absolute Gasteiger partial charge is 0.465 e. The molecule has 0 atom stereocenters. The van der Waals surface area contributed by atoms with E-state index in [0.29, 0.717) is 16.5 Å². The van der Waals surface area contributed by atoms with Gasteiger partial charge < -0.3 is 14.8 Å². The van der Waals surface area contributed by atoms with Gasteiger partial charge in [0, 0.05) is 17.1 Å². The van der Waals surface area contributed by atoms with Crippen LogP contribution in [0, 0.1) is 0 Å². The molecule has 0 saturated heterocycles. The van der Waals surface area contributed by atoms with Crippen molar-refractivity contribution in [1.82, 2.24) is 4.98 Å². The number of aromatic nitrogens is 1. The van der Waals surface area contributed by atoms with Crippen molar-refractivity contribution >= 4 is 34.4 Å². The average Bonchev–Trinajstić information content (AvgIpc) is 2.72. The van der Waals surface area contributed by atoms with Gasteiger partial charge in [0.25, 0.3) is 5.91 Å². The molecule has 7 nitrogen and oxygen atoms in total. The van der Waals surface area contributed by atoms with Crippen molar-refractivity contribution in [3.05, 3.63) is 71.4 Å². The zero-order chi connectivity index (χ0) is 19.4. The van der Waals surface area contributed by atoms with Crippen LogP contribution in [0.4, 0.5) is 5.69 Å². The lowest BCUT2D eigenvalue weighted by molar-refractivity contribution is 0.0587. The number of nitrogens with zero attached hydrogens (tertiary/aromatic N) is 1. The number of amides is 1. The predicted octanol–water partition coefficient (Wildman–Crippen LogP) is 3.06. The van der Waals surface area contributed by atoms with E-state index in [4.69, 9.17) is 4.74 Å². The number of ether oxygens (including phenoxy) is 2. The highest BCUT2D eigenvalue weighted by molar-refractivity contribution is 6.14. The molecule has 2 aromatic carbocycles. The molecule has 3 rings (SSSR count). The Morgan fingerprint density at radius 1 is 0.889 bits per heavy atom. The smallest absolute Gasteiger partial charge is 0.339 e. The van der Waals surface area contributed by atoms with E-state index in [1.54, 1.807) is 36.5 Å². The van der Waals surface area contributed by atoms with E-state index in [1.807, 2.05) is 0 Å². The Bertz CT molecular complexity index is 1040. The van der Waals surface area contributed by atoms with Gasteiger partial charge >= 0.3 is 11.9 Å². The van der Waals surface area contributed by atoms with Crippen LogP contribution in [0.3, 0.4) is 0 Å². The molecule has 0 radical (unpaired) electrons. The number of carbonyl (C=O) groups is 3. The third-order valence-electron chi connectivity index (χ3n) is 3.98. The summed E-state index contributed by atoms with van der Waals surface area (Å²) in [4.78, 5) is 40.9. The summed E-state index contributed by atoms with van der Waals surface area (Å²) in [7, 11) is 2.48. The third kappa shape index (κ3) is 3.62. The molecule has 0 bridgehead atoms. The van der Waals surface area contributed by atoms with Gasteiger partial charge in [-0.1, -0.05) is 12.1 Å². The van der Waals surface area contributed by atoms with Crippen LogP contribution in [0.1, 0.15) is 31.1 Å². The van der Waals surface area contributed by atoms with Crippen molar-refractivity contribution < 1.29 is 23.9 Å². The van der Waals surface area contributed by atoms with Crippen molar-refractivity contribution in [2.45, 2.75) is 0 Å². The summed E-state index contributed by atoms with van der Waals surface area (Å²) in [5.74, 6) is -1.67. The first-order valence-corrected chi connectivity index (χ1v) is 8.01. The number of nitrogens with one attached hydrogen (secondary N) is 1. The summed E-state index contributed by atoms with van der Waals surface area (Å²) >= 11 is 0. The lowest BCUT2D eigenvalue weighted by Gasteiger charge is -2.12. The monoisotopic (exact) mass is 364 g/mol. The van der Waals surface area contributed by atoms with Gasteiger partial charge in [0.05, 0.1) is 36.6 Å². The molecule has 0 unspecified atom stereocenters. The van der Waals surface area contributed by atoms with E-state index >= 15 is 0 Å². The first kappa shape index (κ1) is 18.1. The van der Waals surface area contributed by atoms with Crippen molar-refractivity contribution in [1.29, 1.82) is 0 Å². The van der Waals surface area contributed by atoms with Gasteiger partial charge in [-0.05, 0) is 36.4 Å². The molecule has 0 aliphatic heterocycles. The molecule has 0 saturated carbocycles. The van der Waals surface area contributed by atoms with E-state index in [-0.39, 0.29) is 16.8 Å². The van der Waals surface area contributed by atoms with Crippen molar-refractivity contribution in [2.75, 3.05) is 19.5 Å². The number of esters is 2. The summed E-state index contributed by atoms with van der Waals surface area (Å²) < 4.78 is 9.43. The first-order valence-electron chi connectivity index (χ1n) is 8.01. The van der Waals surface area contributed by atoms with Crippen LogP contribution in [0.5, 0.6) is 0 Å². The summed E-state index contributed by atoms with van der Waals surface area (Å²) in [5.41, 5.74) is 1.52. The van der Waals surface area contributed by atoms with Crippen LogP contribution in [0.15, 0.2) is 54.7 Å².